The van der Waals surface area contributed by atoms with E-state index in [1.54, 1.807) is 0 Å². The zero-order chi connectivity index (χ0) is 18.4. The molecular weight excluding hydrogens is 334 g/mol. The van der Waals surface area contributed by atoms with E-state index in [0.717, 1.165) is 11.3 Å². The Hall–Kier alpha value is -2.73. The molecule has 0 bridgehead atoms. The molecule has 2 N–H and O–H groups in total. The van der Waals surface area contributed by atoms with Gasteiger partial charge in [0.2, 0.25) is 0 Å². The summed E-state index contributed by atoms with van der Waals surface area (Å²) in [6.45, 7) is 6.22. The number of ether oxygens (including phenoxy) is 1. The number of aryl methyl sites for hydroxylation is 3. The molecule has 0 aliphatic heterocycles. The Morgan fingerprint density at radius 2 is 1.80 bits per heavy atom. The van der Waals surface area contributed by atoms with Crippen LogP contribution in [-0.4, -0.2) is 24.5 Å². The number of amides is 1. The van der Waals surface area contributed by atoms with Crippen molar-refractivity contribution in [3.05, 3.63) is 58.7 Å². The zero-order valence-corrected chi connectivity index (χ0v) is 15.5. The molecule has 5 nitrogen and oxygen atoms in total. The lowest BCUT2D eigenvalue weighted by Crippen LogP contribution is -2.33. The normalized spacial score (nSPS) is 10.6. The van der Waals surface area contributed by atoms with E-state index < -0.39 is 6.09 Å². The Labute approximate surface area is 153 Å². The molecule has 0 saturated heterocycles. The van der Waals surface area contributed by atoms with Gasteiger partial charge in [0.05, 0.1) is 18.5 Å². The summed E-state index contributed by atoms with van der Waals surface area (Å²) in [6.07, 6.45) is 1.23. The van der Waals surface area contributed by atoms with E-state index in [1.165, 1.54) is 23.8 Å². The topological polar surface area (TPSA) is 62.7 Å². The summed E-state index contributed by atoms with van der Waals surface area (Å²) < 4.78 is 4.52. The lowest BCUT2D eigenvalue weighted by molar-refractivity contribution is 0.177. The van der Waals surface area contributed by atoms with Crippen molar-refractivity contribution in [3.63, 3.8) is 0 Å². The molecule has 0 aliphatic rings. The van der Waals surface area contributed by atoms with Gasteiger partial charge < -0.3 is 10.1 Å². The third-order valence-corrected chi connectivity index (χ3v) is 3.83. The lowest BCUT2D eigenvalue weighted by atomic mass is 10.0. The predicted octanol–water partition coefficient (Wildman–Crippen LogP) is 4.42. The Bertz CT molecular complexity index is 808. The minimum atomic E-state index is -0.621. The average molecular weight is 355 g/mol. The summed E-state index contributed by atoms with van der Waals surface area (Å²) in [5, 5.41) is 5.52. The maximum atomic E-state index is 11.2. The van der Waals surface area contributed by atoms with Crippen LogP contribution < -0.4 is 10.6 Å². The summed E-state index contributed by atoms with van der Waals surface area (Å²) in [4.78, 5) is 15.8. The van der Waals surface area contributed by atoms with Crippen molar-refractivity contribution in [2.75, 3.05) is 12.4 Å². The molecule has 2 aromatic carbocycles. The fourth-order valence-corrected chi connectivity index (χ4v) is 2.71. The van der Waals surface area contributed by atoms with Crippen LogP contribution in [0.4, 0.5) is 16.2 Å². The second-order valence-corrected chi connectivity index (χ2v) is 6.07. The largest absolute Gasteiger partial charge is 0.453 e. The van der Waals surface area contributed by atoms with Gasteiger partial charge in [-0.1, -0.05) is 29.8 Å². The van der Waals surface area contributed by atoms with Gasteiger partial charge in [0, 0.05) is 6.21 Å². The number of rotatable bonds is 3. The van der Waals surface area contributed by atoms with Crippen LogP contribution >= 0.6 is 12.2 Å². The van der Waals surface area contributed by atoms with Gasteiger partial charge in [-0.25, -0.2) is 4.79 Å². The first kappa shape index (κ1) is 18.6. The van der Waals surface area contributed by atoms with Crippen molar-refractivity contribution in [2.24, 2.45) is 4.99 Å². The number of nitrogens with zero attached hydrogens (tertiary/aromatic N) is 1. The van der Waals surface area contributed by atoms with Crippen LogP contribution in [0.5, 0.6) is 0 Å². The van der Waals surface area contributed by atoms with Crippen LogP contribution in [0.3, 0.4) is 0 Å². The quantitative estimate of drug-likeness (QED) is 0.632. The molecule has 1 amide bonds. The molecule has 0 aliphatic carbocycles. The molecule has 0 heterocycles. The number of carbonyl (C=O) groups excluding carboxylic acids is 1. The third kappa shape index (κ3) is 5.12. The SMILES string of the molecule is COC(=O)NC(=S)Nc1ccccc1N=Cc1c(C)cc(C)cc1C. The molecule has 6 heteroatoms. The van der Waals surface area contributed by atoms with E-state index >= 15 is 0 Å². The lowest BCUT2D eigenvalue weighted by Gasteiger charge is -2.11. The highest BCUT2D eigenvalue weighted by molar-refractivity contribution is 7.80. The molecule has 2 rings (SSSR count). The number of carbonyl (C=O) groups is 1. The minimum Gasteiger partial charge on any atom is -0.453 e. The number of benzene rings is 2. The summed E-state index contributed by atoms with van der Waals surface area (Å²) >= 11 is 5.10. The number of nitrogens with one attached hydrogen (secondary N) is 2. The average Bonchev–Trinajstić information content (AvgIpc) is 2.55. The van der Waals surface area contributed by atoms with Gasteiger partial charge in [0.25, 0.3) is 0 Å². The number of alkyl carbamates (subject to hydrolysis) is 1. The molecule has 0 aromatic heterocycles. The number of hydrogen-bond donors (Lipinski definition) is 2. The maximum Gasteiger partial charge on any atom is 0.413 e. The fourth-order valence-electron chi connectivity index (χ4n) is 2.52. The van der Waals surface area contributed by atoms with E-state index in [4.69, 9.17) is 12.2 Å². The van der Waals surface area contributed by atoms with Gasteiger partial charge in [0.15, 0.2) is 5.11 Å². The van der Waals surface area contributed by atoms with Crippen LogP contribution in [-0.2, 0) is 4.74 Å². The highest BCUT2D eigenvalue weighted by Crippen LogP contribution is 2.25. The number of aliphatic imine (C=N–C) groups is 1. The van der Waals surface area contributed by atoms with Crippen LogP contribution in [0.25, 0.3) is 0 Å². The molecule has 0 spiro atoms. The molecular formula is C19H21N3O2S. The molecule has 130 valence electrons. The maximum absolute atomic E-state index is 11.2. The van der Waals surface area contributed by atoms with Gasteiger partial charge >= 0.3 is 6.09 Å². The van der Waals surface area contributed by atoms with Gasteiger partial charge in [-0.3, -0.25) is 10.3 Å². The Morgan fingerprint density at radius 1 is 1.16 bits per heavy atom. The van der Waals surface area contributed by atoms with E-state index in [1.807, 2.05) is 30.5 Å². The molecule has 25 heavy (non-hydrogen) atoms. The smallest absolute Gasteiger partial charge is 0.413 e. The number of hydrogen-bond acceptors (Lipinski definition) is 4. The first-order valence-electron chi connectivity index (χ1n) is 7.77. The van der Waals surface area contributed by atoms with Crippen LogP contribution in [0.1, 0.15) is 22.3 Å². The molecule has 0 radical (unpaired) electrons. The summed E-state index contributed by atoms with van der Waals surface area (Å²) in [5.74, 6) is 0. The Balaban J connectivity index is 2.24. The van der Waals surface area contributed by atoms with Gasteiger partial charge in [-0.05, 0) is 61.8 Å². The predicted molar refractivity (Wildman–Crippen MR) is 106 cm³/mol. The molecule has 0 unspecified atom stereocenters. The molecule has 0 fully saturated rings. The van der Waals surface area contributed by atoms with Gasteiger partial charge in [0.1, 0.15) is 0 Å². The van der Waals surface area contributed by atoms with E-state index in [2.05, 4.69) is 53.3 Å². The fraction of sp³-hybridized carbons (Fsp3) is 0.211. The van der Waals surface area contributed by atoms with Crippen molar-refractivity contribution in [1.29, 1.82) is 0 Å². The van der Waals surface area contributed by atoms with E-state index in [9.17, 15) is 4.79 Å². The van der Waals surface area contributed by atoms with Gasteiger partial charge in [-0.15, -0.1) is 0 Å². The highest BCUT2D eigenvalue weighted by Gasteiger charge is 2.07. The first-order chi connectivity index (χ1) is 11.9. The monoisotopic (exact) mass is 355 g/mol. The second kappa shape index (κ2) is 8.39. The number of thiocarbonyl (C=S) groups is 1. The van der Waals surface area contributed by atoms with Crippen LogP contribution in [0.2, 0.25) is 0 Å². The zero-order valence-electron chi connectivity index (χ0n) is 14.7. The standard InChI is InChI=1S/C19H21N3O2S/c1-12-9-13(2)15(14(3)10-12)11-20-16-7-5-6-8-17(16)21-18(25)22-19(23)24-4/h5-11H,1-4H3,(H2,21,22,23,25). The number of anilines is 1. The van der Waals surface area contributed by atoms with Crippen molar-refractivity contribution < 1.29 is 9.53 Å². The summed E-state index contributed by atoms with van der Waals surface area (Å²) in [7, 11) is 1.28. The second-order valence-electron chi connectivity index (χ2n) is 5.66. The molecule has 0 saturated carbocycles. The molecule has 2 aromatic rings. The Morgan fingerprint density at radius 3 is 2.44 bits per heavy atom. The minimum absolute atomic E-state index is 0.150. The Kier molecular flexibility index (Phi) is 6.25. The van der Waals surface area contributed by atoms with Crippen molar-refractivity contribution in [2.45, 2.75) is 20.8 Å². The number of para-hydroxylation sites is 2. The number of methoxy groups -OCH3 is 1. The van der Waals surface area contributed by atoms with E-state index in [-0.39, 0.29) is 5.11 Å². The third-order valence-electron chi connectivity index (χ3n) is 3.62. The summed E-state index contributed by atoms with van der Waals surface area (Å²) in [6, 6.07) is 11.7. The highest BCUT2D eigenvalue weighted by atomic mass is 32.1. The van der Waals surface area contributed by atoms with Crippen molar-refractivity contribution in [1.82, 2.24) is 5.32 Å². The molecule has 0 atom stereocenters. The van der Waals surface area contributed by atoms with Crippen molar-refractivity contribution in [3.8, 4) is 0 Å². The van der Waals surface area contributed by atoms with Crippen LogP contribution in [0, 0.1) is 20.8 Å². The van der Waals surface area contributed by atoms with Gasteiger partial charge in [-0.2, -0.15) is 0 Å². The summed E-state index contributed by atoms with van der Waals surface area (Å²) in [5.41, 5.74) is 6.09. The first-order valence-corrected chi connectivity index (χ1v) is 8.18. The van der Waals surface area contributed by atoms with E-state index in [0.29, 0.717) is 5.69 Å². The van der Waals surface area contributed by atoms with Crippen LogP contribution in [0.15, 0.2) is 41.4 Å². The van der Waals surface area contributed by atoms with Crippen molar-refractivity contribution >= 4 is 41.0 Å².